The van der Waals surface area contributed by atoms with Crippen LogP contribution in [0, 0.1) is 0 Å². The standard InChI is InChI=1S/C19H23F3N6O2/c1-23-18(26-8-7-25-16-14(19(20,21)22)4-2-6-24-16)28-11-9-27(10-12-28)17(29)15-5-3-13-30-15/h2-6,13H,7-12H2,1H3,(H,23,26)(H,24,25). The molecule has 0 unspecified atom stereocenters. The van der Waals surface area contributed by atoms with Crippen LogP contribution >= 0.6 is 0 Å². The fourth-order valence-electron chi connectivity index (χ4n) is 3.14. The van der Waals surface area contributed by atoms with E-state index in [9.17, 15) is 18.0 Å². The number of aromatic nitrogens is 1. The van der Waals surface area contributed by atoms with E-state index in [1.165, 1.54) is 18.5 Å². The Kier molecular flexibility index (Phi) is 6.80. The molecule has 0 radical (unpaired) electrons. The molecule has 1 fully saturated rings. The number of nitrogens with zero attached hydrogens (tertiary/aromatic N) is 4. The van der Waals surface area contributed by atoms with Crippen molar-refractivity contribution in [2.24, 2.45) is 4.99 Å². The van der Waals surface area contributed by atoms with Gasteiger partial charge in [0, 0.05) is 52.5 Å². The van der Waals surface area contributed by atoms with Gasteiger partial charge in [0.25, 0.3) is 5.91 Å². The molecule has 8 nitrogen and oxygen atoms in total. The van der Waals surface area contributed by atoms with Crippen LogP contribution in [0.25, 0.3) is 0 Å². The monoisotopic (exact) mass is 424 g/mol. The lowest BCUT2D eigenvalue weighted by Gasteiger charge is -2.36. The molecule has 1 amide bonds. The van der Waals surface area contributed by atoms with Gasteiger partial charge in [-0.1, -0.05) is 0 Å². The Morgan fingerprint density at radius 2 is 1.90 bits per heavy atom. The van der Waals surface area contributed by atoms with E-state index < -0.39 is 11.7 Å². The van der Waals surface area contributed by atoms with Crippen LogP contribution in [0.5, 0.6) is 0 Å². The molecular formula is C19H23F3N6O2. The average molecular weight is 424 g/mol. The highest BCUT2D eigenvalue weighted by molar-refractivity contribution is 5.91. The molecule has 1 aliphatic heterocycles. The Bertz CT molecular complexity index is 861. The third-order valence-corrected chi connectivity index (χ3v) is 4.62. The van der Waals surface area contributed by atoms with Crippen LogP contribution in [0.4, 0.5) is 19.0 Å². The molecule has 2 N–H and O–H groups in total. The summed E-state index contributed by atoms with van der Waals surface area (Å²) in [5.74, 6) is 0.582. The number of amides is 1. The normalized spacial score (nSPS) is 15.3. The second kappa shape index (κ2) is 9.51. The number of furan rings is 1. The van der Waals surface area contributed by atoms with Crippen molar-refractivity contribution in [3.63, 3.8) is 0 Å². The Balaban J connectivity index is 1.46. The van der Waals surface area contributed by atoms with E-state index in [0.717, 1.165) is 6.07 Å². The quantitative estimate of drug-likeness (QED) is 0.435. The topological polar surface area (TPSA) is 86.0 Å². The smallest absolute Gasteiger partial charge is 0.419 e. The van der Waals surface area contributed by atoms with Crippen LogP contribution in [0.3, 0.4) is 0 Å². The minimum absolute atomic E-state index is 0.150. The molecule has 0 aliphatic carbocycles. The number of guanidine groups is 1. The highest BCUT2D eigenvalue weighted by Crippen LogP contribution is 2.33. The van der Waals surface area contributed by atoms with Crippen molar-refractivity contribution < 1.29 is 22.4 Å². The number of halogens is 3. The maximum absolute atomic E-state index is 13.0. The van der Waals surface area contributed by atoms with Gasteiger partial charge >= 0.3 is 6.18 Å². The molecule has 0 saturated carbocycles. The van der Waals surface area contributed by atoms with Crippen molar-refractivity contribution >= 4 is 17.7 Å². The maximum atomic E-state index is 13.0. The number of nitrogens with one attached hydrogen (secondary N) is 2. The Morgan fingerprint density at radius 3 is 2.53 bits per heavy atom. The summed E-state index contributed by atoms with van der Waals surface area (Å²) in [5.41, 5.74) is -0.799. The summed E-state index contributed by atoms with van der Waals surface area (Å²) in [7, 11) is 1.64. The average Bonchev–Trinajstić information content (AvgIpc) is 3.28. The van der Waals surface area contributed by atoms with Gasteiger partial charge in [-0.15, -0.1) is 0 Å². The molecule has 3 heterocycles. The zero-order valence-corrected chi connectivity index (χ0v) is 16.4. The number of anilines is 1. The number of carbonyl (C=O) groups is 1. The number of alkyl halides is 3. The van der Waals surface area contributed by atoms with Crippen molar-refractivity contribution in [1.29, 1.82) is 0 Å². The van der Waals surface area contributed by atoms with Gasteiger partial charge in [0.1, 0.15) is 5.82 Å². The van der Waals surface area contributed by atoms with Crippen LogP contribution in [0.2, 0.25) is 0 Å². The highest BCUT2D eigenvalue weighted by atomic mass is 19.4. The predicted molar refractivity (Wildman–Crippen MR) is 105 cm³/mol. The van der Waals surface area contributed by atoms with E-state index in [-0.39, 0.29) is 18.3 Å². The first kappa shape index (κ1) is 21.5. The predicted octanol–water partition coefficient (Wildman–Crippen LogP) is 2.14. The Morgan fingerprint density at radius 1 is 1.17 bits per heavy atom. The maximum Gasteiger partial charge on any atom is 0.419 e. The van der Waals surface area contributed by atoms with E-state index in [0.29, 0.717) is 44.4 Å². The first-order valence-corrected chi connectivity index (χ1v) is 9.44. The summed E-state index contributed by atoms with van der Waals surface area (Å²) in [6, 6.07) is 5.55. The van der Waals surface area contributed by atoms with Gasteiger partial charge in [-0.2, -0.15) is 13.2 Å². The molecule has 0 atom stereocenters. The minimum Gasteiger partial charge on any atom is -0.459 e. The molecule has 0 bridgehead atoms. The number of pyridine rings is 1. The zero-order chi connectivity index (χ0) is 21.6. The molecule has 2 aromatic heterocycles. The van der Waals surface area contributed by atoms with E-state index in [4.69, 9.17) is 4.42 Å². The summed E-state index contributed by atoms with van der Waals surface area (Å²) < 4.78 is 44.2. The Labute approximate surface area is 171 Å². The molecule has 30 heavy (non-hydrogen) atoms. The third-order valence-electron chi connectivity index (χ3n) is 4.62. The molecule has 162 valence electrons. The van der Waals surface area contributed by atoms with Crippen LogP contribution in [0.1, 0.15) is 16.1 Å². The molecule has 3 rings (SSSR count). The van der Waals surface area contributed by atoms with E-state index in [2.05, 4.69) is 20.6 Å². The molecule has 0 spiro atoms. The van der Waals surface area contributed by atoms with Gasteiger partial charge in [-0.3, -0.25) is 9.79 Å². The number of hydrogen-bond acceptors (Lipinski definition) is 5. The van der Waals surface area contributed by atoms with E-state index >= 15 is 0 Å². The van der Waals surface area contributed by atoms with Crippen LogP contribution in [-0.2, 0) is 6.18 Å². The van der Waals surface area contributed by atoms with Gasteiger partial charge in [0.05, 0.1) is 11.8 Å². The largest absolute Gasteiger partial charge is 0.459 e. The number of hydrogen-bond donors (Lipinski definition) is 2. The lowest BCUT2D eigenvalue weighted by molar-refractivity contribution is -0.137. The van der Waals surface area contributed by atoms with Crippen LogP contribution in [0.15, 0.2) is 46.1 Å². The summed E-state index contributed by atoms with van der Waals surface area (Å²) in [6.45, 7) is 2.78. The molecular weight excluding hydrogens is 401 g/mol. The van der Waals surface area contributed by atoms with Crippen molar-refractivity contribution in [1.82, 2.24) is 20.1 Å². The van der Waals surface area contributed by atoms with Gasteiger partial charge in [0.2, 0.25) is 0 Å². The van der Waals surface area contributed by atoms with Gasteiger partial charge in [-0.05, 0) is 24.3 Å². The lowest BCUT2D eigenvalue weighted by Crippen LogP contribution is -2.54. The van der Waals surface area contributed by atoms with Crippen LogP contribution < -0.4 is 10.6 Å². The number of aliphatic imine (C=N–C) groups is 1. The van der Waals surface area contributed by atoms with Crippen molar-refractivity contribution in [3.8, 4) is 0 Å². The fraction of sp³-hybridized carbons (Fsp3) is 0.421. The molecule has 2 aromatic rings. The third kappa shape index (κ3) is 5.22. The first-order valence-electron chi connectivity index (χ1n) is 9.44. The van der Waals surface area contributed by atoms with Crippen molar-refractivity contribution in [2.75, 3.05) is 51.6 Å². The van der Waals surface area contributed by atoms with Gasteiger partial charge in [0.15, 0.2) is 11.7 Å². The second-order valence-corrected chi connectivity index (χ2v) is 6.55. The summed E-state index contributed by atoms with van der Waals surface area (Å²) in [5, 5.41) is 5.83. The molecule has 11 heteroatoms. The molecule has 1 aliphatic rings. The Hall–Kier alpha value is -3.24. The second-order valence-electron chi connectivity index (χ2n) is 6.55. The van der Waals surface area contributed by atoms with Crippen molar-refractivity contribution in [2.45, 2.75) is 6.18 Å². The highest BCUT2D eigenvalue weighted by Gasteiger charge is 2.34. The van der Waals surface area contributed by atoms with E-state index in [1.54, 1.807) is 24.1 Å². The first-order chi connectivity index (χ1) is 14.4. The van der Waals surface area contributed by atoms with Gasteiger partial charge < -0.3 is 24.9 Å². The summed E-state index contributed by atoms with van der Waals surface area (Å²) in [6.07, 6.45) is -1.69. The number of piperazine rings is 1. The minimum atomic E-state index is -4.47. The van der Waals surface area contributed by atoms with Crippen molar-refractivity contribution in [3.05, 3.63) is 48.0 Å². The summed E-state index contributed by atoms with van der Waals surface area (Å²) in [4.78, 5) is 24.0. The lowest BCUT2D eigenvalue weighted by atomic mass is 10.2. The van der Waals surface area contributed by atoms with Gasteiger partial charge in [-0.25, -0.2) is 4.98 Å². The number of rotatable bonds is 5. The van der Waals surface area contributed by atoms with E-state index in [1.807, 2.05) is 4.90 Å². The number of carbonyl (C=O) groups excluding carboxylic acids is 1. The molecule has 0 aromatic carbocycles. The zero-order valence-electron chi connectivity index (χ0n) is 16.4. The molecule has 1 saturated heterocycles. The SMILES string of the molecule is CN=C(NCCNc1ncccc1C(F)(F)F)N1CCN(C(=O)c2ccco2)CC1. The fourth-order valence-corrected chi connectivity index (χ4v) is 3.14. The summed E-state index contributed by atoms with van der Waals surface area (Å²) >= 11 is 0. The van der Waals surface area contributed by atoms with Crippen LogP contribution in [-0.4, -0.2) is 73.0 Å².